The molecule has 0 bridgehead atoms. The molecule has 0 spiro atoms. The van der Waals surface area contributed by atoms with Gasteiger partial charge < -0.3 is 4.90 Å². The molecule has 1 aromatic rings. The molecule has 1 nitrogen and oxygen atoms in total. The van der Waals surface area contributed by atoms with Crippen LogP contribution in [0, 0.1) is 5.92 Å². The molecule has 1 aliphatic heterocycles. The van der Waals surface area contributed by atoms with Crippen LogP contribution in [0.5, 0.6) is 0 Å². The van der Waals surface area contributed by atoms with Crippen molar-refractivity contribution in [3.05, 3.63) is 35.9 Å². The molecule has 100 valence electrons. The van der Waals surface area contributed by atoms with Gasteiger partial charge in [-0.05, 0) is 63.2 Å². The van der Waals surface area contributed by atoms with Gasteiger partial charge in [0.05, 0.1) is 0 Å². The molecule has 1 fully saturated rings. The largest absolute Gasteiger partial charge is 0.303 e. The third kappa shape index (κ3) is 4.81. The highest BCUT2D eigenvalue weighted by Gasteiger charge is 2.10. The fraction of sp³-hybridized carbons (Fsp3) is 0.647. The van der Waals surface area contributed by atoms with Crippen molar-refractivity contribution >= 4 is 0 Å². The molecule has 1 aliphatic rings. The van der Waals surface area contributed by atoms with Gasteiger partial charge in [0.25, 0.3) is 0 Å². The van der Waals surface area contributed by atoms with Gasteiger partial charge in [-0.2, -0.15) is 0 Å². The summed E-state index contributed by atoms with van der Waals surface area (Å²) in [5.41, 5.74) is 1.49. The van der Waals surface area contributed by atoms with Crippen molar-refractivity contribution in [2.24, 2.45) is 5.92 Å². The van der Waals surface area contributed by atoms with Crippen molar-refractivity contribution in [2.75, 3.05) is 19.6 Å². The second-order valence-electron chi connectivity index (χ2n) is 5.84. The molecule has 0 N–H and O–H groups in total. The average molecular weight is 245 g/mol. The van der Waals surface area contributed by atoms with E-state index in [2.05, 4.69) is 42.2 Å². The van der Waals surface area contributed by atoms with Crippen LogP contribution < -0.4 is 0 Å². The maximum Gasteiger partial charge on any atom is -0.00186 e. The minimum absolute atomic E-state index is 0.817. The third-order valence-corrected chi connectivity index (χ3v) is 4.05. The van der Waals surface area contributed by atoms with Crippen LogP contribution in [0.25, 0.3) is 0 Å². The molecule has 18 heavy (non-hydrogen) atoms. The zero-order valence-electron chi connectivity index (χ0n) is 11.8. The Morgan fingerprint density at radius 3 is 2.50 bits per heavy atom. The van der Waals surface area contributed by atoms with E-state index in [4.69, 9.17) is 0 Å². The summed E-state index contributed by atoms with van der Waals surface area (Å²) >= 11 is 0. The van der Waals surface area contributed by atoms with E-state index in [0.717, 1.165) is 5.92 Å². The Morgan fingerprint density at radius 1 is 1.06 bits per heavy atom. The van der Waals surface area contributed by atoms with E-state index in [1.54, 1.807) is 0 Å². The fourth-order valence-electron chi connectivity index (χ4n) is 2.96. The SMILES string of the molecule is CC(CCCN1CCCCC1)Cc1ccccc1. The normalized spacial score (nSPS) is 18.7. The Bertz CT molecular complexity index is 314. The van der Waals surface area contributed by atoms with Crippen LogP contribution in [-0.4, -0.2) is 24.5 Å². The topological polar surface area (TPSA) is 3.24 Å². The summed E-state index contributed by atoms with van der Waals surface area (Å²) in [7, 11) is 0. The summed E-state index contributed by atoms with van der Waals surface area (Å²) in [4.78, 5) is 2.65. The lowest BCUT2D eigenvalue weighted by Crippen LogP contribution is -2.30. The van der Waals surface area contributed by atoms with Crippen LogP contribution in [0.3, 0.4) is 0 Å². The first-order valence-electron chi connectivity index (χ1n) is 7.61. The zero-order chi connectivity index (χ0) is 12.6. The Hall–Kier alpha value is -0.820. The molecule has 1 saturated heterocycles. The quantitative estimate of drug-likeness (QED) is 0.728. The lowest BCUT2D eigenvalue weighted by molar-refractivity contribution is 0.220. The molecule has 1 heterocycles. The van der Waals surface area contributed by atoms with Crippen LogP contribution in [0.1, 0.15) is 44.6 Å². The number of likely N-dealkylation sites (tertiary alicyclic amines) is 1. The predicted octanol–water partition coefficient (Wildman–Crippen LogP) is 4.13. The predicted molar refractivity (Wildman–Crippen MR) is 78.8 cm³/mol. The highest BCUT2D eigenvalue weighted by atomic mass is 15.1. The molecule has 1 aromatic carbocycles. The molecule has 1 atom stereocenters. The Balaban J connectivity index is 1.61. The Kier molecular flexibility index (Phi) is 5.73. The molecule has 0 saturated carbocycles. The van der Waals surface area contributed by atoms with Gasteiger partial charge in [0.15, 0.2) is 0 Å². The van der Waals surface area contributed by atoms with Crippen molar-refractivity contribution in [1.82, 2.24) is 4.90 Å². The van der Waals surface area contributed by atoms with Gasteiger partial charge in [-0.3, -0.25) is 0 Å². The van der Waals surface area contributed by atoms with E-state index in [-0.39, 0.29) is 0 Å². The lowest BCUT2D eigenvalue weighted by atomic mass is 9.96. The molecule has 1 unspecified atom stereocenters. The molecule has 0 radical (unpaired) electrons. The number of benzene rings is 1. The first-order chi connectivity index (χ1) is 8.84. The molecular weight excluding hydrogens is 218 g/mol. The summed E-state index contributed by atoms with van der Waals surface area (Å²) in [6.07, 6.45) is 8.25. The second-order valence-corrected chi connectivity index (χ2v) is 5.84. The minimum Gasteiger partial charge on any atom is -0.303 e. The number of piperidine rings is 1. The lowest BCUT2D eigenvalue weighted by Gasteiger charge is -2.26. The smallest absolute Gasteiger partial charge is 0.00186 e. The van der Waals surface area contributed by atoms with Crippen molar-refractivity contribution in [3.63, 3.8) is 0 Å². The monoisotopic (exact) mass is 245 g/mol. The number of rotatable bonds is 6. The van der Waals surface area contributed by atoms with Crippen molar-refractivity contribution in [3.8, 4) is 0 Å². The van der Waals surface area contributed by atoms with Gasteiger partial charge in [-0.15, -0.1) is 0 Å². The van der Waals surface area contributed by atoms with Crippen molar-refractivity contribution in [1.29, 1.82) is 0 Å². The Morgan fingerprint density at radius 2 is 1.78 bits per heavy atom. The summed E-state index contributed by atoms with van der Waals surface area (Å²) < 4.78 is 0. The van der Waals surface area contributed by atoms with Crippen LogP contribution in [-0.2, 0) is 6.42 Å². The van der Waals surface area contributed by atoms with Gasteiger partial charge in [-0.25, -0.2) is 0 Å². The molecule has 0 aliphatic carbocycles. The van der Waals surface area contributed by atoms with Gasteiger partial charge >= 0.3 is 0 Å². The molecular formula is C17H27N. The first-order valence-corrected chi connectivity index (χ1v) is 7.61. The van der Waals surface area contributed by atoms with Gasteiger partial charge in [0, 0.05) is 0 Å². The third-order valence-electron chi connectivity index (χ3n) is 4.05. The second kappa shape index (κ2) is 7.58. The number of hydrogen-bond acceptors (Lipinski definition) is 1. The Labute approximate surface area is 112 Å². The highest BCUT2D eigenvalue weighted by Crippen LogP contribution is 2.15. The van der Waals surface area contributed by atoms with E-state index in [9.17, 15) is 0 Å². The maximum absolute atomic E-state index is 2.65. The number of nitrogens with zero attached hydrogens (tertiary/aromatic N) is 1. The number of hydrogen-bond donors (Lipinski definition) is 0. The standard InChI is InChI=1S/C17H27N/c1-16(15-17-10-4-2-5-11-17)9-8-14-18-12-6-3-7-13-18/h2,4-5,10-11,16H,3,6-9,12-15H2,1H3. The van der Waals surface area contributed by atoms with Gasteiger partial charge in [0.2, 0.25) is 0 Å². The average Bonchev–Trinajstić information content (AvgIpc) is 2.41. The van der Waals surface area contributed by atoms with Crippen LogP contribution in [0.15, 0.2) is 30.3 Å². The van der Waals surface area contributed by atoms with Crippen LogP contribution in [0.4, 0.5) is 0 Å². The fourth-order valence-corrected chi connectivity index (χ4v) is 2.96. The molecule has 1 heteroatoms. The van der Waals surface area contributed by atoms with E-state index >= 15 is 0 Å². The maximum atomic E-state index is 2.65. The minimum atomic E-state index is 0.817. The van der Waals surface area contributed by atoms with E-state index < -0.39 is 0 Å². The molecule has 2 rings (SSSR count). The van der Waals surface area contributed by atoms with E-state index in [1.807, 2.05) is 0 Å². The zero-order valence-corrected chi connectivity index (χ0v) is 11.8. The van der Waals surface area contributed by atoms with Crippen LogP contribution >= 0.6 is 0 Å². The van der Waals surface area contributed by atoms with Gasteiger partial charge in [-0.1, -0.05) is 43.7 Å². The van der Waals surface area contributed by atoms with E-state index in [0.29, 0.717) is 0 Å². The molecule has 0 aromatic heterocycles. The summed E-state index contributed by atoms with van der Waals surface area (Å²) in [5.74, 6) is 0.817. The highest BCUT2D eigenvalue weighted by molar-refractivity contribution is 5.14. The summed E-state index contributed by atoms with van der Waals surface area (Å²) in [5, 5.41) is 0. The van der Waals surface area contributed by atoms with Crippen molar-refractivity contribution in [2.45, 2.75) is 45.4 Å². The van der Waals surface area contributed by atoms with E-state index in [1.165, 1.54) is 63.7 Å². The van der Waals surface area contributed by atoms with Crippen LogP contribution in [0.2, 0.25) is 0 Å². The summed E-state index contributed by atoms with van der Waals surface area (Å²) in [6, 6.07) is 10.9. The summed E-state index contributed by atoms with van der Waals surface area (Å²) in [6.45, 7) is 6.39. The first kappa shape index (κ1) is 13.6. The molecule has 0 amide bonds. The van der Waals surface area contributed by atoms with Crippen molar-refractivity contribution < 1.29 is 0 Å². The van der Waals surface area contributed by atoms with Gasteiger partial charge in [0.1, 0.15) is 0 Å².